The van der Waals surface area contributed by atoms with Crippen molar-refractivity contribution in [3.05, 3.63) is 23.8 Å². The van der Waals surface area contributed by atoms with Crippen molar-refractivity contribution in [3.8, 4) is 11.5 Å². The summed E-state index contributed by atoms with van der Waals surface area (Å²) in [5.41, 5.74) is 0.793. The molecule has 0 aromatic heterocycles. The number of ether oxygens (including phenoxy) is 2. The summed E-state index contributed by atoms with van der Waals surface area (Å²) in [7, 11) is 3.26. The zero-order valence-electron chi connectivity index (χ0n) is 13.5. The van der Waals surface area contributed by atoms with Gasteiger partial charge in [0.15, 0.2) is 0 Å². The summed E-state index contributed by atoms with van der Waals surface area (Å²) in [4.78, 5) is 2.40. The van der Waals surface area contributed by atoms with Gasteiger partial charge in [0, 0.05) is 24.2 Å². The number of rotatable bonds is 5. The number of likely N-dealkylation sites (tertiary alicyclic amines) is 1. The Balaban J connectivity index is 2.17. The zero-order chi connectivity index (χ0) is 15.4. The van der Waals surface area contributed by atoms with Gasteiger partial charge in [-0.25, -0.2) is 0 Å². The van der Waals surface area contributed by atoms with Crippen LogP contribution in [0.5, 0.6) is 11.5 Å². The molecule has 0 amide bonds. The van der Waals surface area contributed by atoms with E-state index >= 15 is 0 Å². The maximum absolute atomic E-state index is 10.7. The average molecular weight is 293 g/mol. The van der Waals surface area contributed by atoms with Crippen LogP contribution >= 0.6 is 0 Å². The van der Waals surface area contributed by atoms with E-state index in [1.807, 2.05) is 18.2 Å². The number of piperidine rings is 1. The molecule has 0 bridgehead atoms. The molecule has 118 valence electrons. The molecule has 1 aliphatic heterocycles. The van der Waals surface area contributed by atoms with Gasteiger partial charge in [-0.3, -0.25) is 4.90 Å². The van der Waals surface area contributed by atoms with Crippen LogP contribution in [0.4, 0.5) is 0 Å². The van der Waals surface area contributed by atoms with Gasteiger partial charge in [-0.05, 0) is 44.9 Å². The molecule has 1 fully saturated rings. The van der Waals surface area contributed by atoms with Crippen molar-refractivity contribution in [3.63, 3.8) is 0 Å². The Morgan fingerprint density at radius 1 is 1.19 bits per heavy atom. The highest BCUT2D eigenvalue weighted by Crippen LogP contribution is 2.32. The fourth-order valence-corrected chi connectivity index (χ4v) is 3.23. The van der Waals surface area contributed by atoms with Gasteiger partial charge in [-0.1, -0.05) is 6.42 Å². The van der Waals surface area contributed by atoms with Crippen LogP contribution in [0.1, 0.15) is 44.8 Å². The Morgan fingerprint density at radius 2 is 1.86 bits per heavy atom. The number of nitrogens with zero attached hydrogens (tertiary/aromatic N) is 1. The van der Waals surface area contributed by atoms with Crippen LogP contribution in [-0.2, 0) is 0 Å². The predicted molar refractivity (Wildman–Crippen MR) is 84.0 cm³/mol. The first kappa shape index (κ1) is 16.1. The van der Waals surface area contributed by atoms with E-state index in [1.54, 1.807) is 14.2 Å². The lowest BCUT2D eigenvalue weighted by Gasteiger charge is -2.40. The minimum atomic E-state index is -0.571. The molecule has 4 nitrogen and oxygen atoms in total. The molecule has 0 spiro atoms. The predicted octanol–water partition coefficient (Wildman–Crippen LogP) is 3.00. The molecule has 1 aromatic carbocycles. The molecule has 1 heterocycles. The van der Waals surface area contributed by atoms with E-state index in [0.717, 1.165) is 11.3 Å². The third-order valence-corrected chi connectivity index (χ3v) is 4.56. The third kappa shape index (κ3) is 3.69. The highest BCUT2D eigenvalue weighted by molar-refractivity contribution is 5.41. The maximum atomic E-state index is 10.7. The normalized spacial score (nSPS) is 24.6. The maximum Gasteiger partial charge on any atom is 0.124 e. The summed E-state index contributed by atoms with van der Waals surface area (Å²) in [5.74, 6) is 1.45. The Kier molecular flexibility index (Phi) is 5.48. The van der Waals surface area contributed by atoms with Gasteiger partial charge in [0.25, 0.3) is 0 Å². The van der Waals surface area contributed by atoms with E-state index < -0.39 is 6.10 Å². The highest BCUT2D eigenvalue weighted by Gasteiger charge is 2.27. The molecule has 1 saturated heterocycles. The Bertz CT molecular complexity index is 453. The summed E-state index contributed by atoms with van der Waals surface area (Å²) in [6, 6.07) is 6.59. The molecule has 0 radical (unpaired) electrons. The second-order valence-electron chi connectivity index (χ2n) is 5.95. The van der Waals surface area contributed by atoms with Crippen molar-refractivity contribution in [1.82, 2.24) is 4.90 Å². The SMILES string of the molecule is COc1ccc(OC)c(C(O)CN2C(C)CCCC2C)c1. The van der Waals surface area contributed by atoms with Crippen molar-refractivity contribution in [1.29, 1.82) is 0 Å². The molecular formula is C17H27NO3. The van der Waals surface area contributed by atoms with Gasteiger partial charge in [0.1, 0.15) is 11.5 Å². The molecule has 2 rings (SSSR count). The summed E-state index contributed by atoms with van der Waals surface area (Å²) in [6.45, 7) is 5.11. The highest BCUT2D eigenvalue weighted by atomic mass is 16.5. The first-order valence-electron chi connectivity index (χ1n) is 7.72. The lowest BCUT2D eigenvalue weighted by Crippen LogP contribution is -2.45. The van der Waals surface area contributed by atoms with Gasteiger partial charge in [0.05, 0.1) is 20.3 Å². The van der Waals surface area contributed by atoms with Crippen LogP contribution in [0.2, 0.25) is 0 Å². The van der Waals surface area contributed by atoms with Gasteiger partial charge < -0.3 is 14.6 Å². The van der Waals surface area contributed by atoms with Crippen LogP contribution in [0, 0.1) is 0 Å². The standard InChI is InChI=1S/C17H27NO3/c1-12-6-5-7-13(2)18(12)11-16(19)15-10-14(20-3)8-9-17(15)21-4/h8-10,12-13,16,19H,5-7,11H2,1-4H3. The van der Waals surface area contributed by atoms with E-state index in [1.165, 1.54) is 19.3 Å². The molecule has 1 aliphatic rings. The quantitative estimate of drug-likeness (QED) is 0.906. The van der Waals surface area contributed by atoms with Crippen LogP contribution in [0.3, 0.4) is 0 Å². The molecule has 0 aliphatic carbocycles. The van der Waals surface area contributed by atoms with Crippen molar-refractivity contribution in [2.45, 2.75) is 51.3 Å². The van der Waals surface area contributed by atoms with Gasteiger partial charge in [0.2, 0.25) is 0 Å². The number of hydrogen-bond acceptors (Lipinski definition) is 4. The smallest absolute Gasteiger partial charge is 0.124 e. The molecule has 0 saturated carbocycles. The topological polar surface area (TPSA) is 41.9 Å². The Morgan fingerprint density at radius 3 is 2.43 bits per heavy atom. The fraction of sp³-hybridized carbons (Fsp3) is 0.647. The second-order valence-corrected chi connectivity index (χ2v) is 5.95. The van der Waals surface area contributed by atoms with E-state index in [9.17, 15) is 5.11 Å². The van der Waals surface area contributed by atoms with Crippen molar-refractivity contribution in [2.24, 2.45) is 0 Å². The molecule has 4 heteroatoms. The van der Waals surface area contributed by atoms with Crippen molar-refractivity contribution in [2.75, 3.05) is 20.8 Å². The van der Waals surface area contributed by atoms with E-state index in [-0.39, 0.29) is 0 Å². The third-order valence-electron chi connectivity index (χ3n) is 4.56. The number of aliphatic hydroxyl groups is 1. The first-order chi connectivity index (χ1) is 10.1. The summed E-state index contributed by atoms with van der Waals surface area (Å²) >= 11 is 0. The number of methoxy groups -OCH3 is 2. The second kappa shape index (κ2) is 7.14. The largest absolute Gasteiger partial charge is 0.497 e. The summed E-state index contributed by atoms with van der Waals surface area (Å²) in [6.07, 6.45) is 3.11. The number of aliphatic hydroxyl groups excluding tert-OH is 1. The van der Waals surface area contributed by atoms with E-state index in [4.69, 9.17) is 9.47 Å². The van der Waals surface area contributed by atoms with E-state index in [0.29, 0.717) is 24.4 Å². The summed E-state index contributed by atoms with van der Waals surface area (Å²) in [5, 5.41) is 10.7. The zero-order valence-corrected chi connectivity index (χ0v) is 13.5. The van der Waals surface area contributed by atoms with Gasteiger partial charge in [-0.15, -0.1) is 0 Å². The molecular weight excluding hydrogens is 266 g/mol. The fourth-order valence-electron chi connectivity index (χ4n) is 3.23. The van der Waals surface area contributed by atoms with Crippen LogP contribution in [0.25, 0.3) is 0 Å². The van der Waals surface area contributed by atoms with Gasteiger partial charge >= 0.3 is 0 Å². The van der Waals surface area contributed by atoms with Gasteiger partial charge in [-0.2, -0.15) is 0 Å². The van der Waals surface area contributed by atoms with Crippen LogP contribution in [0.15, 0.2) is 18.2 Å². The minimum absolute atomic E-state index is 0.514. The first-order valence-corrected chi connectivity index (χ1v) is 7.72. The molecule has 1 aromatic rings. The number of hydrogen-bond donors (Lipinski definition) is 1. The molecule has 3 unspecified atom stereocenters. The Hall–Kier alpha value is -1.26. The monoisotopic (exact) mass is 293 g/mol. The molecule has 3 atom stereocenters. The molecule has 1 N–H and O–H groups in total. The number of β-amino-alcohol motifs (C(OH)–C–C–N with tert-alkyl or cyclic N) is 1. The van der Waals surface area contributed by atoms with E-state index in [2.05, 4.69) is 18.7 Å². The Labute approximate surface area is 127 Å². The number of benzene rings is 1. The van der Waals surface area contributed by atoms with Crippen LogP contribution < -0.4 is 9.47 Å². The van der Waals surface area contributed by atoms with Crippen molar-refractivity contribution < 1.29 is 14.6 Å². The lowest BCUT2D eigenvalue weighted by atomic mass is 9.96. The summed E-state index contributed by atoms with van der Waals surface area (Å²) < 4.78 is 10.6. The lowest BCUT2D eigenvalue weighted by molar-refractivity contribution is 0.0401. The average Bonchev–Trinajstić information content (AvgIpc) is 2.50. The van der Waals surface area contributed by atoms with Crippen molar-refractivity contribution >= 4 is 0 Å². The minimum Gasteiger partial charge on any atom is -0.497 e. The molecule has 21 heavy (non-hydrogen) atoms. The van der Waals surface area contributed by atoms with Crippen LogP contribution in [-0.4, -0.2) is 42.9 Å².